The van der Waals surface area contributed by atoms with Gasteiger partial charge in [0.1, 0.15) is 5.03 Å². The molecule has 0 fully saturated rings. The van der Waals surface area contributed by atoms with Gasteiger partial charge in [-0.3, -0.25) is 0 Å². The minimum absolute atomic E-state index is 0.135. The molecule has 3 aromatic rings. The number of nitrogens with zero attached hydrogens (tertiary/aromatic N) is 1. The molecule has 0 aliphatic rings. The van der Waals surface area contributed by atoms with Crippen molar-refractivity contribution in [2.75, 3.05) is 0 Å². The van der Waals surface area contributed by atoms with Gasteiger partial charge in [0.25, 0.3) is 0 Å². The van der Waals surface area contributed by atoms with Gasteiger partial charge in [-0.1, -0.05) is 66.4 Å². The van der Waals surface area contributed by atoms with Gasteiger partial charge in [0, 0.05) is 10.6 Å². The Morgan fingerprint density at radius 1 is 0.864 bits per heavy atom. The fourth-order valence-electron chi connectivity index (χ4n) is 2.38. The van der Waals surface area contributed by atoms with Crippen LogP contribution in [0.25, 0.3) is 0 Å². The predicted octanol–water partition coefficient (Wildman–Crippen LogP) is 4.59. The Labute approximate surface area is 135 Å². The Balaban J connectivity index is 1.83. The molecule has 0 spiro atoms. The molecule has 1 atom stereocenters. The van der Waals surface area contributed by atoms with Gasteiger partial charge in [0.2, 0.25) is 0 Å². The summed E-state index contributed by atoms with van der Waals surface area (Å²) in [6.45, 7) is 2.02. The maximum absolute atomic E-state index is 6.37. The van der Waals surface area contributed by atoms with Gasteiger partial charge in [-0.05, 0) is 36.2 Å². The SMILES string of the molecule is Cc1nc(Sc2ccccc2)ccc1[C@@H](N)c1ccccc1. The van der Waals surface area contributed by atoms with Crippen LogP contribution in [-0.4, -0.2) is 4.98 Å². The molecular formula is C19H18N2S. The summed E-state index contributed by atoms with van der Waals surface area (Å²) in [6.07, 6.45) is 0. The molecule has 1 aromatic heterocycles. The van der Waals surface area contributed by atoms with Crippen LogP contribution in [0.4, 0.5) is 0 Å². The second-order valence-electron chi connectivity index (χ2n) is 5.13. The molecule has 2 aromatic carbocycles. The first-order valence-corrected chi connectivity index (χ1v) is 8.06. The third-order valence-corrected chi connectivity index (χ3v) is 4.50. The second kappa shape index (κ2) is 6.77. The molecule has 3 rings (SSSR count). The summed E-state index contributed by atoms with van der Waals surface area (Å²) >= 11 is 1.67. The molecule has 0 radical (unpaired) electrons. The highest BCUT2D eigenvalue weighted by Gasteiger charge is 2.12. The predicted molar refractivity (Wildman–Crippen MR) is 92.0 cm³/mol. The maximum Gasteiger partial charge on any atom is 0.101 e. The van der Waals surface area contributed by atoms with Gasteiger partial charge in [-0.2, -0.15) is 0 Å². The number of rotatable bonds is 4. The Morgan fingerprint density at radius 3 is 2.14 bits per heavy atom. The van der Waals surface area contributed by atoms with Crippen LogP contribution in [0.2, 0.25) is 0 Å². The van der Waals surface area contributed by atoms with Crippen LogP contribution in [-0.2, 0) is 0 Å². The van der Waals surface area contributed by atoms with E-state index in [1.54, 1.807) is 11.8 Å². The lowest BCUT2D eigenvalue weighted by Crippen LogP contribution is -2.13. The Bertz CT molecular complexity index is 742. The summed E-state index contributed by atoms with van der Waals surface area (Å²) in [5.74, 6) is 0. The van der Waals surface area contributed by atoms with Gasteiger partial charge in [-0.15, -0.1) is 0 Å². The molecule has 0 saturated carbocycles. The molecule has 22 heavy (non-hydrogen) atoms. The monoisotopic (exact) mass is 306 g/mol. The van der Waals surface area contributed by atoms with E-state index >= 15 is 0 Å². The highest BCUT2D eigenvalue weighted by atomic mass is 32.2. The van der Waals surface area contributed by atoms with Crippen LogP contribution < -0.4 is 5.73 Å². The highest BCUT2D eigenvalue weighted by molar-refractivity contribution is 7.99. The van der Waals surface area contributed by atoms with Gasteiger partial charge >= 0.3 is 0 Å². The number of aromatic nitrogens is 1. The molecule has 3 heteroatoms. The maximum atomic E-state index is 6.37. The molecule has 2 nitrogen and oxygen atoms in total. The lowest BCUT2D eigenvalue weighted by atomic mass is 9.99. The normalized spacial score (nSPS) is 12.1. The van der Waals surface area contributed by atoms with E-state index in [2.05, 4.69) is 30.3 Å². The molecular weight excluding hydrogens is 288 g/mol. The van der Waals surface area contributed by atoms with Crippen LogP contribution in [0.1, 0.15) is 22.9 Å². The van der Waals surface area contributed by atoms with Crippen molar-refractivity contribution in [2.45, 2.75) is 22.9 Å². The minimum atomic E-state index is -0.135. The van der Waals surface area contributed by atoms with Gasteiger partial charge in [-0.25, -0.2) is 4.98 Å². The zero-order valence-electron chi connectivity index (χ0n) is 12.4. The number of benzene rings is 2. The average Bonchev–Trinajstić information content (AvgIpc) is 2.56. The highest BCUT2D eigenvalue weighted by Crippen LogP contribution is 2.28. The van der Waals surface area contributed by atoms with Crippen LogP contribution in [0, 0.1) is 6.92 Å². The third-order valence-electron chi connectivity index (χ3n) is 3.56. The minimum Gasteiger partial charge on any atom is -0.320 e. The van der Waals surface area contributed by atoms with Gasteiger partial charge in [0.05, 0.1) is 6.04 Å². The standard InChI is InChI=1S/C19H18N2S/c1-14-17(19(20)15-8-4-2-5-9-15)12-13-18(21-14)22-16-10-6-3-7-11-16/h2-13,19H,20H2,1H3/t19-/m0/s1. The molecule has 0 aliphatic carbocycles. The number of hydrogen-bond donors (Lipinski definition) is 1. The van der Waals surface area contributed by atoms with E-state index in [9.17, 15) is 0 Å². The summed E-state index contributed by atoms with van der Waals surface area (Å²) in [5.41, 5.74) is 9.54. The van der Waals surface area contributed by atoms with Crippen molar-refractivity contribution in [3.8, 4) is 0 Å². The van der Waals surface area contributed by atoms with E-state index in [1.165, 1.54) is 4.90 Å². The van der Waals surface area contributed by atoms with E-state index < -0.39 is 0 Å². The number of aryl methyl sites for hydroxylation is 1. The molecule has 0 aliphatic heterocycles. The van der Waals surface area contributed by atoms with Crippen molar-refractivity contribution < 1.29 is 0 Å². The Kier molecular flexibility index (Phi) is 4.56. The first-order chi connectivity index (χ1) is 10.7. The summed E-state index contributed by atoms with van der Waals surface area (Å²) in [7, 11) is 0. The molecule has 110 valence electrons. The van der Waals surface area contributed by atoms with E-state index in [-0.39, 0.29) is 6.04 Å². The van der Waals surface area contributed by atoms with E-state index in [0.29, 0.717) is 0 Å². The fraction of sp³-hybridized carbons (Fsp3) is 0.105. The van der Waals surface area contributed by atoms with Crippen LogP contribution in [0.5, 0.6) is 0 Å². The largest absolute Gasteiger partial charge is 0.320 e. The zero-order chi connectivity index (χ0) is 15.4. The van der Waals surface area contributed by atoms with E-state index in [4.69, 9.17) is 10.7 Å². The van der Waals surface area contributed by atoms with Gasteiger partial charge < -0.3 is 5.73 Å². The topological polar surface area (TPSA) is 38.9 Å². The van der Waals surface area contributed by atoms with Crippen molar-refractivity contribution >= 4 is 11.8 Å². The second-order valence-corrected chi connectivity index (χ2v) is 6.22. The quantitative estimate of drug-likeness (QED) is 0.766. The van der Waals surface area contributed by atoms with Crippen LogP contribution in [0.15, 0.2) is 82.7 Å². The van der Waals surface area contributed by atoms with Crippen molar-refractivity contribution in [3.63, 3.8) is 0 Å². The molecule has 0 amide bonds. The molecule has 2 N–H and O–H groups in total. The third kappa shape index (κ3) is 3.38. The average molecular weight is 306 g/mol. The number of nitrogens with two attached hydrogens (primary N) is 1. The molecule has 1 heterocycles. The smallest absolute Gasteiger partial charge is 0.101 e. The summed E-state index contributed by atoms with van der Waals surface area (Å²) in [4.78, 5) is 5.89. The van der Waals surface area contributed by atoms with Gasteiger partial charge in [0.15, 0.2) is 0 Å². The summed E-state index contributed by atoms with van der Waals surface area (Å²) in [6, 6.07) is 24.4. The summed E-state index contributed by atoms with van der Waals surface area (Å²) in [5, 5.41) is 0.993. The van der Waals surface area contributed by atoms with Crippen LogP contribution in [0.3, 0.4) is 0 Å². The summed E-state index contributed by atoms with van der Waals surface area (Å²) < 4.78 is 0. The van der Waals surface area contributed by atoms with Crippen molar-refractivity contribution in [3.05, 3.63) is 89.6 Å². The van der Waals surface area contributed by atoms with Crippen molar-refractivity contribution in [2.24, 2.45) is 5.73 Å². The zero-order valence-corrected chi connectivity index (χ0v) is 13.3. The fourth-order valence-corrected chi connectivity index (χ4v) is 3.24. The van der Waals surface area contributed by atoms with Crippen molar-refractivity contribution in [1.82, 2.24) is 4.98 Å². The number of hydrogen-bond acceptors (Lipinski definition) is 3. The Morgan fingerprint density at radius 2 is 1.50 bits per heavy atom. The van der Waals surface area contributed by atoms with Crippen molar-refractivity contribution in [1.29, 1.82) is 0 Å². The first-order valence-electron chi connectivity index (χ1n) is 7.25. The lowest BCUT2D eigenvalue weighted by molar-refractivity contribution is 0.837. The number of pyridine rings is 1. The molecule has 0 bridgehead atoms. The van der Waals surface area contributed by atoms with E-state index in [0.717, 1.165) is 21.8 Å². The first kappa shape index (κ1) is 14.8. The van der Waals surface area contributed by atoms with E-state index in [1.807, 2.05) is 49.4 Å². The Hall–Kier alpha value is -2.10. The van der Waals surface area contributed by atoms with Crippen LogP contribution >= 0.6 is 11.8 Å². The lowest BCUT2D eigenvalue weighted by Gasteiger charge is -2.15. The molecule has 0 unspecified atom stereocenters. The molecule has 0 saturated heterocycles.